The van der Waals surface area contributed by atoms with Gasteiger partial charge in [0.1, 0.15) is 18.1 Å². The van der Waals surface area contributed by atoms with Crippen LogP contribution in [0, 0.1) is 5.82 Å². The van der Waals surface area contributed by atoms with Crippen LogP contribution in [-0.4, -0.2) is 37.0 Å². The summed E-state index contributed by atoms with van der Waals surface area (Å²) in [7, 11) is 4.51. The highest BCUT2D eigenvalue weighted by Crippen LogP contribution is 2.34. The summed E-state index contributed by atoms with van der Waals surface area (Å²) in [6.07, 6.45) is 0. The number of hydrogen-bond donors (Lipinski definition) is 1. The molecule has 9 nitrogen and oxygen atoms in total. The lowest BCUT2D eigenvalue weighted by Crippen LogP contribution is -2.31. The molecule has 0 radical (unpaired) electrons. The highest BCUT2D eigenvalue weighted by atomic mass is 19.1. The quantitative estimate of drug-likeness (QED) is 0.598. The van der Waals surface area contributed by atoms with Gasteiger partial charge in [-0.15, -0.1) is 5.10 Å². The van der Waals surface area contributed by atoms with Gasteiger partial charge in [0.25, 0.3) is 0 Å². The lowest BCUT2D eigenvalue weighted by molar-refractivity contribution is -0.122. The maximum Gasteiger partial charge on any atom is 0.437 e. The van der Waals surface area contributed by atoms with E-state index in [9.17, 15) is 14.0 Å². The zero-order valence-electron chi connectivity index (χ0n) is 16.6. The number of rotatable bonds is 8. The molecule has 0 bridgehead atoms. The number of carbonyl (C=O) groups excluding carboxylic acids is 1. The first-order valence-electron chi connectivity index (χ1n) is 8.84. The standard InChI is InChI=1S/C20H20FN3O6/c1-27-15-9-17(29-3)16(28-2)8-13(15)10-22-18(25)11-24-20(26)30-19(23-24)12-4-6-14(21)7-5-12/h4-9H,10-11H2,1-3H3,(H,22,25). The number of halogens is 1. The Kier molecular flexibility index (Phi) is 6.35. The summed E-state index contributed by atoms with van der Waals surface area (Å²) in [5.41, 5.74) is 1.07. The van der Waals surface area contributed by atoms with Crippen LogP contribution in [0.25, 0.3) is 11.5 Å². The Labute approximate surface area is 171 Å². The van der Waals surface area contributed by atoms with E-state index in [1.807, 2.05) is 0 Å². The summed E-state index contributed by atoms with van der Waals surface area (Å²) in [4.78, 5) is 24.3. The molecule has 0 aliphatic rings. The second-order valence-electron chi connectivity index (χ2n) is 6.13. The molecule has 0 atom stereocenters. The highest BCUT2D eigenvalue weighted by molar-refractivity contribution is 5.75. The van der Waals surface area contributed by atoms with Crippen molar-refractivity contribution < 1.29 is 27.8 Å². The van der Waals surface area contributed by atoms with Crippen LogP contribution in [-0.2, 0) is 17.9 Å². The van der Waals surface area contributed by atoms with Crippen molar-refractivity contribution in [3.63, 3.8) is 0 Å². The first kappa shape index (κ1) is 20.9. The molecule has 0 aliphatic carbocycles. The highest BCUT2D eigenvalue weighted by Gasteiger charge is 2.15. The van der Waals surface area contributed by atoms with Crippen molar-refractivity contribution in [1.29, 1.82) is 0 Å². The van der Waals surface area contributed by atoms with Crippen LogP contribution in [0.4, 0.5) is 4.39 Å². The number of amides is 1. The molecule has 10 heteroatoms. The molecular formula is C20H20FN3O6. The molecule has 0 saturated heterocycles. The zero-order chi connectivity index (χ0) is 21.7. The number of methoxy groups -OCH3 is 3. The molecule has 3 rings (SSSR count). The molecule has 1 heterocycles. The van der Waals surface area contributed by atoms with Crippen molar-refractivity contribution in [2.75, 3.05) is 21.3 Å². The fourth-order valence-electron chi connectivity index (χ4n) is 2.73. The van der Waals surface area contributed by atoms with Crippen molar-refractivity contribution in [1.82, 2.24) is 15.1 Å². The molecule has 0 saturated carbocycles. The topological polar surface area (TPSA) is 105 Å². The van der Waals surface area contributed by atoms with Crippen LogP contribution >= 0.6 is 0 Å². The second-order valence-corrected chi connectivity index (χ2v) is 6.13. The molecule has 30 heavy (non-hydrogen) atoms. The molecule has 158 valence electrons. The smallest absolute Gasteiger partial charge is 0.437 e. The van der Waals surface area contributed by atoms with Gasteiger partial charge in [-0.05, 0) is 30.3 Å². The van der Waals surface area contributed by atoms with Crippen molar-refractivity contribution >= 4 is 5.91 Å². The van der Waals surface area contributed by atoms with Crippen LogP contribution in [0.1, 0.15) is 5.56 Å². The third kappa shape index (κ3) is 4.59. The van der Waals surface area contributed by atoms with E-state index in [2.05, 4.69) is 10.4 Å². The molecule has 0 fully saturated rings. The van der Waals surface area contributed by atoms with E-state index in [1.165, 1.54) is 45.6 Å². The van der Waals surface area contributed by atoms with Crippen molar-refractivity contribution in [3.05, 3.63) is 58.3 Å². The molecule has 1 aromatic heterocycles. The van der Waals surface area contributed by atoms with E-state index in [0.717, 1.165) is 4.68 Å². The Morgan fingerprint density at radius 2 is 1.70 bits per heavy atom. The molecule has 1 N–H and O–H groups in total. The minimum atomic E-state index is -0.798. The summed E-state index contributed by atoms with van der Waals surface area (Å²) in [5, 5.41) is 6.67. The van der Waals surface area contributed by atoms with Crippen LogP contribution in [0.5, 0.6) is 17.2 Å². The molecule has 3 aromatic rings. The van der Waals surface area contributed by atoms with Gasteiger partial charge in [-0.25, -0.2) is 9.18 Å². The Bertz CT molecular complexity index is 1090. The number of nitrogens with zero attached hydrogens (tertiary/aromatic N) is 2. The van der Waals surface area contributed by atoms with E-state index in [0.29, 0.717) is 28.4 Å². The van der Waals surface area contributed by atoms with Crippen molar-refractivity contribution in [3.8, 4) is 28.7 Å². The average Bonchev–Trinajstić information content (AvgIpc) is 3.12. The fraction of sp³-hybridized carbons (Fsp3) is 0.250. The predicted molar refractivity (Wildman–Crippen MR) is 104 cm³/mol. The summed E-state index contributed by atoms with van der Waals surface area (Å²) in [6, 6.07) is 8.63. The minimum Gasteiger partial charge on any atom is -0.496 e. The normalized spacial score (nSPS) is 10.5. The van der Waals surface area contributed by atoms with Crippen LogP contribution in [0.2, 0.25) is 0 Å². The maximum absolute atomic E-state index is 13.0. The lowest BCUT2D eigenvalue weighted by atomic mass is 10.1. The zero-order valence-corrected chi connectivity index (χ0v) is 16.6. The van der Waals surface area contributed by atoms with Gasteiger partial charge in [-0.1, -0.05) is 0 Å². The SMILES string of the molecule is COc1cc(OC)c(OC)cc1CNC(=O)Cn1nc(-c2ccc(F)cc2)oc1=O. The number of carbonyl (C=O) groups is 1. The van der Waals surface area contributed by atoms with Gasteiger partial charge in [-0.2, -0.15) is 4.68 Å². The maximum atomic E-state index is 13.0. The third-order valence-electron chi connectivity index (χ3n) is 4.25. The minimum absolute atomic E-state index is 0.00522. The molecule has 0 unspecified atom stereocenters. The van der Waals surface area contributed by atoms with Gasteiger partial charge in [0, 0.05) is 23.7 Å². The van der Waals surface area contributed by atoms with E-state index >= 15 is 0 Å². The first-order chi connectivity index (χ1) is 14.4. The van der Waals surface area contributed by atoms with Gasteiger partial charge in [0.05, 0.1) is 21.3 Å². The van der Waals surface area contributed by atoms with Crippen LogP contribution in [0.3, 0.4) is 0 Å². The number of nitrogens with one attached hydrogen (secondary N) is 1. The van der Waals surface area contributed by atoms with Crippen molar-refractivity contribution in [2.24, 2.45) is 0 Å². The largest absolute Gasteiger partial charge is 0.496 e. The molecular weight excluding hydrogens is 397 g/mol. The molecule has 1 amide bonds. The van der Waals surface area contributed by atoms with E-state index in [4.69, 9.17) is 18.6 Å². The Morgan fingerprint density at radius 1 is 1.07 bits per heavy atom. The number of benzene rings is 2. The van der Waals surface area contributed by atoms with Crippen LogP contribution in [0.15, 0.2) is 45.6 Å². The first-order valence-corrected chi connectivity index (χ1v) is 8.84. The molecule has 0 spiro atoms. The number of aromatic nitrogens is 2. The monoisotopic (exact) mass is 417 g/mol. The van der Waals surface area contributed by atoms with Crippen molar-refractivity contribution in [2.45, 2.75) is 13.1 Å². The second kappa shape index (κ2) is 9.12. The fourth-order valence-corrected chi connectivity index (χ4v) is 2.73. The van der Waals surface area contributed by atoms with Gasteiger partial charge in [-0.3, -0.25) is 4.79 Å². The molecule has 0 aliphatic heterocycles. The van der Waals surface area contributed by atoms with Gasteiger partial charge in [0.15, 0.2) is 11.5 Å². The summed E-state index contributed by atoms with van der Waals surface area (Å²) in [6.45, 7) is -0.223. The summed E-state index contributed by atoms with van der Waals surface area (Å²) < 4.78 is 34.8. The number of ether oxygens (including phenoxy) is 3. The van der Waals surface area contributed by atoms with Crippen LogP contribution < -0.4 is 25.3 Å². The predicted octanol–water partition coefficient (Wildman–Crippen LogP) is 1.98. The Morgan fingerprint density at radius 3 is 2.33 bits per heavy atom. The van der Waals surface area contributed by atoms with E-state index in [1.54, 1.807) is 12.1 Å². The van der Waals surface area contributed by atoms with E-state index in [-0.39, 0.29) is 19.0 Å². The third-order valence-corrected chi connectivity index (χ3v) is 4.25. The molecule has 2 aromatic carbocycles. The average molecular weight is 417 g/mol. The lowest BCUT2D eigenvalue weighted by Gasteiger charge is -2.14. The summed E-state index contributed by atoms with van der Waals surface area (Å²) in [5.74, 6) is -0.211. The van der Waals surface area contributed by atoms with E-state index < -0.39 is 17.5 Å². The van der Waals surface area contributed by atoms with Gasteiger partial charge < -0.3 is 23.9 Å². The Balaban J connectivity index is 1.70. The summed E-state index contributed by atoms with van der Waals surface area (Å²) >= 11 is 0. The van der Waals surface area contributed by atoms with Gasteiger partial charge in [0.2, 0.25) is 11.8 Å². The van der Waals surface area contributed by atoms with Gasteiger partial charge >= 0.3 is 5.76 Å². The Hall–Kier alpha value is -3.82. The number of hydrogen-bond acceptors (Lipinski definition) is 7.